The molecule has 0 radical (unpaired) electrons. The number of rotatable bonds is 1. The van der Waals surface area contributed by atoms with E-state index in [1.807, 2.05) is 26.0 Å². The number of pyridine rings is 1. The van der Waals surface area contributed by atoms with Crippen LogP contribution in [0, 0.1) is 0 Å². The van der Waals surface area contributed by atoms with E-state index >= 15 is 0 Å². The molecule has 10 heavy (non-hydrogen) atoms. The average Bonchev–Trinajstić information content (AvgIpc) is 2.10. The number of hydrogen-bond acceptors (Lipinski definition) is 1. The molecule has 1 aromatic heterocycles. The van der Waals surface area contributed by atoms with Crippen molar-refractivity contribution < 1.29 is 0 Å². The topological polar surface area (TPSA) is 12.9 Å². The van der Waals surface area contributed by atoms with Crippen molar-refractivity contribution >= 4 is 6.08 Å². The highest BCUT2D eigenvalue weighted by atomic mass is 14.6. The largest absolute Gasteiger partial charge is 0.265 e. The van der Waals surface area contributed by atoms with Gasteiger partial charge in [0.05, 0.1) is 0 Å². The first kappa shape index (κ1) is 8.89. The predicted octanol–water partition coefficient (Wildman–Crippen LogP) is 2.75. The van der Waals surface area contributed by atoms with Crippen molar-refractivity contribution in [1.82, 2.24) is 4.98 Å². The van der Waals surface area contributed by atoms with Crippen LogP contribution in [0.2, 0.25) is 0 Å². The molecule has 1 aromatic rings. The number of nitrogens with zero attached hydrogens (tertiary/aromatic N) is 1. The van der Waals surface area contributed by atoms with E-state index in [1.165, 1.54) is 0 Å². The van der Waals surface area contributed by atoms with Crippen molar-refractivity contribution in [1.29, 1.82) is 0 Å². The molecule has 0 bridgehead atoms. The quantitative estimate of drug-likeness (QED) is 0.577. The van der Waals surface area contributed by atoms with Crippen LogP contribution in [0.15, 0.2) is 31.1 Å². The normalized spacial score (nSPS) is 7.40. The maximum absolute atomic E-state index is 3.85. The SMILES string of the molecule is C=Cc1ccncc1.CC. The first-order chi connectivity index (χ1) is 4.93. The second-order valence-corrected chi connectivity index (χ2v) is 1.48. The zero-order valence-electron chi connectivity index (χ0n) is 6.54. The second-order valence-electron chi connectivity index (χ2n) is 1.48. The molecule has 0 atom stereocenters. The Bertz CT molecular complexity index is 167. The molecule has 0 fully saturated rings. The van der Waals surface area contributed by atoms with Crippen LogP contribution in [0.5, 0.6) is 0 Å². The van der Waals surface area contributed by atoms with E-state index in [4.69, 9.17) is 0 Å². The van der Waals surface area contributed by atoms with Gasteiger partial charge in [-0.15, -0.1) is 0 Å². The Hall–Kier alpha value is -1.11. The highest BCUT2D eigenvalue weighted by Gasteiger charge is 1.76. The second kappa shape index (κ2) is 6.02. The molecule has 0 aliphatic carbocycles. The zero-order valence-corrected chi connectivity index (χ0v) is 6.54. The van der Waals surface area contributed by atoms with Crippen LogP contribution in [0.3, 0.4) is 0 Å². The molecule has 0 aliphatic rings. The third-order valence-electron chi connectivity index (χ3n) is 0.942. The molecule has 1 heteroatoms. The highest BCUT2D eigenvalue weighted by Crippen LogP contribution is 1.94. The molecular formula is C9H13N. The van der Waals surface area contributed by atoms with Gasteiger partial charge in [0.15, 0.2) is 0 Å². The summed E-state index contributed by atoms with van der Waals surface area (Å²) in [6.45, 7) is 7.60. The molecule has 0 unspecified atom stereocenters. The number of aromatic nitrogens is 1. The predicted molar refractivity (Wildman–Crippen MR) is 45.7 cm³/mol. The van der Waals surface area contributed by atoms with Gasteiger partial charge in [0.25, 0.3) is 0 Å². The van der Waals surface area contributed by atoms with Crippen LogP contribution in [0.25, 0.3) is 6.08 Å². The van der Waals surface area contributed by atoms with Crippen molar-refractivity contribution in [2.45, 2.75) is 13.8 Å². The number of hydrogen-bond donors (Lipinski definition) is 0. The summed E-state index contributed by atoms with van der Waals surface area (Å²) in [6.07, 6.45) is 5.29. The summed E-state index contributed by atoms with van der Waals surface area (Å²) in [6, 6.07) is 3.82. The van der Waals surface area contributed by atoms with Crippen LogP contribution in [0.4, 0.5) is 0 Å². The van der Waals surface area contributed by atoms with Crippen molar-refractivity contribution in [3.05, 3.63) is 36.7 Å². The summed E-state index contributed by atoms with van der Waals surface area (Å²) in [4.78, 5) is 3.85. The molecule has 0 spiro atoms. The fraction of sp³-hybridized carbons (Fsp3) is 0.222. The molecule has 0 aliphatic heterocycles. The van der Waals surface area contributed by atoms with Gasteiger partial charge < -0.3 is 0 Å². The van der Waals surface area contributed by atoms with Gasteiger partial charge in [0.2, 0.25) is 0 Å². The molecule has 0 N–H and O–H groups in total. The van der Waals surface area contributed by atoms with E-state index in [-0.39, 0.29) is 0 Å². The van der Waals surface area contributed by atoms with Crippen molar-refractivity contribution in [3.63, 3.8) is 0 Å². The molecule has 1 heterocycles. The maximum atomic E-state index is 3.85. The lowest BCUT2D eigenvalue weighted by Crippen LogP contribution is -1.69. The lowest BCUT2D eigenvalue weighted by molar-refractivity contribution is 1.32. The fourth-order valence-electron chi connectivity index (χ4n) is 0.500. The van der Waals surface area contributed by atoms with Gasteiger partial charge in [-0.2, -0.15) is 0 Å². The first-order valence-electron chi connectivity index (χ1n) is 3.46. The first-order valence-corrected chi connectivity index (χ1v) is 3.46. The summed E-state index contributed by atoms with van der Waals surface area (Å²) in [5.74, 6) is 0. The van der Waals surface area contributed by atoms with Gasteiger partial charge in [-0.05, 0) is 17.7 Å². The fourth-order valence-corrected chi connectivity index (χ4v) is 0.500. The van der Waals surface area contributed by atoms with Crippen molar-refractivity contribution in [2.24, 2.45) is 0 Å². The minimum Gasteiger partial charge on any atom is -0.265 e. The Morgan fingerprint density at radius 1 is 1.30 bits per heavy atom. The zero-order chi connectivity index (χ0) is 7.82. The van der Waals surface area contributed by atoms with E-state index < -0.39 is 0 Å². The Morgan fingerprint density at radius 2 is 1.80 bits per heavy atom. The van der Waals surface area contributed by atoms with Gasteiger partial charge in [-0.1, -0.05) is 26.5 Å². The molecule has 0 amide bonds. The van der Waals surface area contributed by atoms with Crippen molar-refractivity contribution in [2.75, 3.05) is 0 Å². The van der Waals surface area contributed by atoms with Gasteiger partial charge >= 0.3 is 0 Å². The maximum Gasteiger partial charge on any atom is 0.0273 e. The molecule has 1 nitrogen and oxygen atoms in total. The monoisotopic (exact) mass is 135 g/mol. The Balaban J connectivity index is 0.000000371. The molecule has 0 aromatic carbocycles. The van der Waals surface area contributed by atoms with Gasteiger partial charge in [0.1, 0.15) is 0 Å². The van der Waals surface area contributed by atoms with Crippen LogP contribution in [-0.2, 0) is 0 Å². The molecule has 54 valence electrons. The van der Waals surface area contributed by atoms with Crippen LogP contribution in [0.1, 0.15) is 19.4 Å². The summed E-state index contributed by atoms with van der Waals surface area (Å²) in [5.41, 5.74) is 1.11. The van der Waals surface area contributed by atoms with Gasteiger partial charge in [0, 0.05) is 12.4 Å². The summed E-state index contributed by atoms with van der Waals surface area (Å²) < 4.78 is 0. The van der Waals surface area contributed by atoms with E-state index in [1.54, 1.807) is 18.5 Å². The average molecular weight is 135 g/mol. The summed E-state index contributed by atoms with van der Waals surface area (Å²) >= 11 is 0. The lowest BCUT2D eigenvalue weighted by Gasteiger charge is -1.84. The van der Waals surface area contributed by atoms with E-state index in [0.29, 0.717) is 0 Å². The third-order valence-corrected chi connectivity index (χ3v) is 0.942. The van der Waals surface area contributed by atoms with Crippen LogP contribution in [-0.4, -0.2) is 4.98 Å². The Kier molecular flexibility index (Phi) is 5.35. The third kappa shape index (κ3) is 3.02. The standard InChI is InChI=1S/C7H7N.C2H6/c1-2-7-3-5-8-6-4-7;1-2/h2-6H,1H2;1-2H3. The Labute approximate surface area is 62.4 Å². The van der Waals surface area contributed by atoms with Crippen molar-refractivity contribution in [3.8, 4) is 0 Å². The van der Waals surface area contributed by atoms with Crippen LogP contribution >= 0.6 is 0 Å². The molecule has 1 rings (SSSR count). The minimum atomic E-state index is 1.11. The molecule has 0 saturated carbocycles. The van der Waals surface area contributed by atoms with E-state index in [0.717, 1.165) is 5.56 Å². The van der Waals surface area contributed by atoms with Gasteiger partial charge in [-0.3, -0.25) is 4.98 Å². The summed E-state index contributed by atoms with van der Waals surface area (Å²) in [5, 5.41) is 0. The van der Waals surface area contributed by atoms with E-state index in [9.17, 15) is 0 Å². The minimum absolute atomic E-state index is 1.11. The summed E-state index contributed by atoms with van der Waals surface area (Å²) in [7, 11) is 0. The van der Waals surface area contributed by atoms with Gasteiger partial charge in [-0.25, -0.2) is 0 Å². The molecular weight excluding hydrogens is 122 g/mol. The molecule has 0 saturated heterocycles. The smallest absolute Gasteiger partial charge is 0.0273 e. The highest BCUT2D eigenvalue weighted by molar-refractivity contribution is 5.44. The van der Waals surface area contributed by atoms with E-state index in [2.05, 4.69) is 11.6 Å². The Morgan fingerprint density at radius 3 is 2.10 bits per heavy atom. The lowest BCUT2D eigenvalue weighted by atomic mass is 10.3. The van der Waals surface area contributed by atoms with Crippen LogP contribution < -0.4 is 0 Å².